The number of benzene rings is 1. The van der Waals surface area contributed by atoms with Gasteiger partial charge in [0.05, 0.1) is 19.0 Å². The zero-order valence-corrected chi connectivity index (χ0v) is 16.9. The van der Waals surface area contributed by atoms with Crippen molar-refractivity contribution in [2.75, 3.05) is 0 Å². The van der Waals surface area contributed by atoms with Gasteiger partial charge in [0.15, 0.2) is 11.5 Å². The molecule has 0 saturated heterocycles. The minimum atomic E-state index is -0.892. The third kappa shape index (κ3) is 5.07. The van der Waals surface area contributed by atoms with Crippen LogP contribution in [0.25, 0.3) is 11.3 Å². The summed E-state index contributed by atoms with van der Waals surface area (Å²) in [7, 11) is 0. The highest BCUT2D eigenvalue weighted by atomic mass is 79.9. The largest absolute Gasteiger partial charge is 0.461 e. The van der Waals surface area contributed by atoms with E-state index in [2.05, 4.69) is 31.4 Å². The molecule has 1 aromatic carbocycles. The van der Waals surface area contributed by atoms with Gasteiger partial charge in [-0.05, 0) is 26.0 Å². The predicted molar refractivity (Wildman–Crippen MR) is 104 cm³/mol. The maximum absolute atomic E-state index is 12.6. The number of esters is 1. The molecule has 3 aromatic rings. The molecule has 3 rings (SSSR count). The van der Waals surface area contributed by atoms with Crippen LogP contribution in [0.1, 0.15) is 24.3 Å². The number of nitrogens with zero attached hydrogens (tertiary/aromatic N) is 3. The molecule has 2 aromatic heterocycles. The smallest absolute Gasteiger partial charge is 0.330 e. The van der Waals surface area contributed by atoms with E-state index in [1.807, 2.05) is 24.3 Å². The number of halogens is 1. The number of amides is 1. The van der Waals surface area contributed by atoms with E-state index < -0.39 is 17.9 Å². The number of rotatable bonds is 7. The van der Waals surface area contributed by atoms with Gasteiger partial charge < -0.3 is 19.1 Å². The number of imidazole rings is 1. The summed E-state index contributed by atoms with van der Waals surface area (Å²) < 4.78 is 13.1. The Hall–Kier alpha value is -2.94. The Bertz CT molecular complexity index is 935. The SMILES string of the molecule is CC(C)OC(=O)[C@H](Cn1ccnc1)NC(=O)c1cc(-c2ccc(Br)cc2)on1. The van der Waals surface area contributed by atoms with E-state index in [1.165, 1.54) is 6.07 Å². The van der Waals surface area contributed by atoms with Crippen LogP contribution in [-0.4, -0.2) is 38.7 Å². The standard InChI is InChI=1S/C19H19BrN4O4/c1-12(2)27-19(26)16(10-24-8-7-21-11-24)22-18(25)15-9-17(28-23-15)13-3-5-14(20)6-4-13/h3-9,11-12,16H,10H2,1-2H3,(H,22,25)/t16-/m0/s1. The summed E-state index contributed by atoms with van der Waals surface area (Å²) in [6.07, 6.45) is 4.55. The monoisotopic (exact) mass is 446 g/mol. The van der Waals surface area contributed by atoms with Gasteiger partial charge in [0.2, 0.25) is 0 Å². The maximum atomic E-state index is 12.6. The van der Waals surface area contributed by atoms with Crippen molar-refractivity contribution in [3.63, 3.8) is 0 Å². The van der Waals surface area contributed by atoms with Crippen molar-refractivity contribution in [3.8, 4) is 11.3 Å². The van der Waals surface area contributed by atoms with Gasteiger partial charge in [-0.3, -0.25) is 4.79 Å². The molecule has 2 heterocycles. The Balaban J connectivity index is 1.74. The molecule has 0 radical (unpaired) electrons. The first-order valence-electron chi connectivity index (χ1n) is 8.62. The lowest BCUT2D eigenvalue weighted by molar-refractivity contribution is -0.150. The molecule has 1 N–H and O–H groups in total. The molecule has 0 spiro atoms. The van der Waals surface area contributed by atoms with Gasteiger partial charge in [-0.1, -0.05) is 33.2 Å². The Morgan fingerprint density at radius 2 is 2.04 bits per heavy atom. The summed E-state index contributed by atoms with van der Waals surface area (Å²) in [6.45, 7) is 3.68. The van der Waals surface area contributed by atoms with Crippen LogP contribution in [0.3, 0.4) is 0 Å². The average Bonchev–Trinajstić information content (AvgIpc) is 3.33. The molecule has 8 nitrogen and oxygen atoms in total. The molecule has 0 saturated carbocycles. The number of hydrogen-bond acceptors (Lipinski definition) is 6. The van der Waals surface area contributed by atoms with Gasteiger partial charge in [0.25, 0.3) is 5.91 Å². The molecule has 0 bridgehead atoms. The second-order valence-electron chi connectivity index (χ2n) is 6.35. The second kappa shape index (κ2) is 8.83. The highest BCUT2D eigenvalue weighted by Crippen LogP contribution is 2.22. The third-order valence-corrected chi connectivity index (χ3v) is 4.29. The molecule has 0 aliphatic carbocycles. The maximum Gasteiger partial charge on any atom is 0.330 e. The van der Waals surface area contributed by atoms with E-state index in [1.54, 1.807) is 37.1 Å². The normalized spacial score (nSPS) is 12.0. The molecule has 1 amide bonds. The van der Waals surface area contributed by atoms with E-state index in [4.69, 9.17) is 9.26 Å². The quantitative estimate of drug-likeness (QED) is 0.559. The average molecular weight is 447 g/mol. The van der Waals surface area contributed by atoms with Crippen molar-refractivity contribution < 1.29 is 18.8 Å². The summed E-state index contributed by atoms with van der Waals surface area (Å²) in [5.41, 5.74) is 0.856. The van der Waals surface area contributed by atoms with Crippen LogP contribution in [0.4, 0.5) is 0 Å². The lowest BCUT2D eigenvalue weighted by Gasteiger charge is -2.19. The molecule has 0 aliphatic heterocycles. The highest BCUT2D eigenvalue weighted by Gasteiger charge is 2.26. The van der Waals surface area contributed by atoms with Crippen LogP contribution in [0.2, 0.25) is 0 Å². The zero-order valence-electron chi connectivity index (χ0n) is 15.3. The molecule has 146 valence electrons. The van der Waals surface area contributed by atoms with Crippen LogP contribution in [0, 0.1) is 0 Å². The Kier molecular flexibility index (Phi) is 6.25. The molecule has 0 unspecified atom stereocenters. The van der Waals surface area contributed by atoms with Gasteiger partial charge in [0, 0.05) is 28.5 Å². The van der Waals surface area contributed by atoms with Crippen molar-refractivity contribution in [1.82, 2.24) is 20.0 Å². The number of hydrogen-bond donors (Lipinski definition) is 1. The fraction of sp³-hybridized carbons (Fsp3) is 0.263. The third-order valence-electron chi connectivity index (χ3n) is 3.77. The Morgan fingerprint density at radius 1 is 1.29 bits per heavy atom. The first-order chi connectivity index (χ1) is 13.4. The van der Waals surface area contributed by atoms with Crippen molar-refractivity contribution >= 4 is 27.8 Å². The van der Waals surface area contributed by atoms with E-state index >= 15 is 0 Å². The molecule has 28 heavy (non-hydrogen) atoms. The Morgan fingerprint density at radius 3 is 2.68 bits per heavy atom. The predicted octanol–water partition coefficient (Wildman–Crippen LogP) is 3.05. The van der Waals surface area contributed by atoms with Gasteiger partial charge in [-0.15, -0.1) is 0 Å². The van der Waals surface area contributed by atoms with Crippen molar-refractivity contribution in [3.05, 3.63) is 59.2 Å². The van der Waals surface area contributed by atoms with Gasteiger partial charge in [-0.25, -0.2) is 9.78 Å². The number of carbonyl (C=O) groups excluding carboxylic acids is 2. The van der Waals surface area contributed by atoms with Crippen LogP contribution in [0.15, 0.2) is 58.0 Å². The first-order valence-corrected chi connectivity index (χ1v) is 9.41. The summed E-state index contributed by atoms with van der Waals surface area (Å²) in [5.74, 6) is -0.611. The van der Waals surface area contributed by atoms with Crippen molar-refractivity contribution in [2.45, 2.75) is 32.5 Å². The van der Waals surface area contributed by atoms with Crippen molar-refractivity contribution in [2.24, 2.45) is 0 Å². The molecule has 1 atom stereocenters. The van der Waals surface area contributed by atoms with Gasteiger partial charge in [-0.2, -0.15) is 0 Å². The molecule has 9 heteroatoms. The van der Waals surface area contributed by atoms with E-state index in [0.29, 0.717) is 5.76 Å². The topological polar surface area (TPSA) is 99.2 Å². The number of ether oxygens (including phenoxy) is 1. The van der Waals surface area contributed by atoms with Gasteiger partial charge in [0.1, 0.15) is 6.04 Å². The summed E-state index contributed by atoms with van der Waals surface area (Å²) in [5, 5.41) is 6.47. The number of aromatic nitrogens is 3. The Labute approximate surface area is 170 Å². The lowest BCUT2D eigenvalue weighted by atomic mass is 10.1. The fourth-order valence-corrected chi connectivity index (χ4v) is 2.73. The summed E-state index contributed by atoms with van der Waals surface area (Å²) in [6, 6.07) is 8.04. The van der Waals surface area contributed by atoms with E-state index in [0.717, 1.165) is 10.0 Å². The fourth-order valence-electron chi connectivity index (χ4n) is 2.46. The second-order valence-corrected chi connectivity index (χ2v) is 7.27. The molecule has 0 aliphatic rings. The zero-order chi connectivity index (χ0) is 20.1. The van der Waals surface area contributed by atoms with Crippen molar-refractivity contribution in [1.29, 1.82) is 0 Å². The van der Waals surface area contributed by atoms with E-state index in [-0.39, 0.29) is 18.3 Å². The number of nitrogens with one attached hydrogen (secondary N) is 1. The van der Waals surface area contributed by atoms with Gasteiger partial charge >= 0.3 is 5.97 Å². The van der Waals surface area contributed by atoms with E-state index in [9.17, 15) is 9.59 Å². The van der Waals surface area contributed by atoms with Crippen LogP contribution in [-0.2, 0) is 16.1 Å². The molecular formula is C19H19BrN4O4. The molecule has 0 fully saturated rings. The first kappa shape index (κ1) is 19.8. The summed E-state index contributed by atoms with van der Waals surface area (Å²) in [4.78, 5) is 28.9. The summed E-state index contributed by atoms with van der Waals surface area (Å²) >= 11 is 3.37. The lowest BCUT2D eigenvalue weighted by Crippen LogP contribution is -2.45. The van der Waals surface area contributed by atoms with Crippen LogP contribution >= 0.6 is 15.9 Å². The minimum absolute atomic E-state index is 0.0749. The minimum Gasteiger partial charge on any atom is -0.461 e. The number of carbonyl (C=O) groups is 2. The molecular weight excluding hydrogens is 428 g/mol. The van der Waals surface area contributed by atoms with Crippen LogP contribution < -0.4 is 5.32 Å². The van der Waals surface area contributed by atoms with Crippen LogP contribution in [0.5, 0.6) is 0 Å². The highest BCUT2D eigenvalue weighted by molar-refractivity contribution is 9.10.